The molecule has 2 heterocycles. The third kappa shape index (κ3) is 5.24. The van der Waals surface area contributed by atoms with Gasteiger partial charge in [-0.05, 0) is 48.9 Å². The van der Waals surface area contributed by atoms with Crippen LogP contribution in [0.5, 0.6) is 5.75 Å². The summed E-state index contributed by atoms with van der Waals surface area (Å²) in [6.45, 7) is 2.20. The number of halogens is 4. The lowest BCUT2D eigenvalue weighted by atomic mass is 10.0. The van der Waals surface area contributed by atoms with Gasteiger partial charge < -0.3 is 4.74 Å². The van der Waals surface area contributed by atoms with Gasteiger partial charge >= 0.3 is 6.18 Å². The molecule has 2 aromatic carbocycles. The van der Waals surface area contributed by atoms with Gasteiger partial charge in [-0.15, -0.1) is 0 Å². The van der Waals surface area contributed by atoms with Crippen LogP contribution in [0.2, 0.25) is 0 Å². The highest BCUT2D eigenvalue weighted by molar-refractivity contribution is 6.07. The van der Waals surface area contributed by atoms with Crippen LogP contribution in [0.3, 0.4) is 0 Å². The summed E-state index contributed by atoms with van der Waals surface area (Å²) in [7, 11) is 0. The monoisotopic (exact) mass is 456 g/mol. The highest BCUT2D eigenvalue weighted by Crippen LogP contribution is 2.38. The standard InChI is InChI=1S/C24H20F4N4O/c1-2-11-33-17-8-9-18(20(13-17)24(26,27)28)22-10-7-15(31-32-22)12-16-14-29-23(30-16)19-5-3-4-6-21(19)25/h3-10,13-14,16H,2,11-12H2,1H3. The molecule has 3 aromatic rings. The van der Waals surface area contributed by atoms with E-state index in [1.807, 2.05) is 6.92 Å². The summed E-state index contributed by atoms with van der Waals surface area (Å²) < 4.78 is 60.2. The molecule has 4 rings (SSSR count). The summed E-state index contributed by atoms with van der Waals surface area (Å²) >= 11 is 0. The van der Waals surface area contributed by atoms with Crippen molar-refractivity contribution in [1.82, 2.24) is 10.2 Å². The molecular formula is C24H20F4N4O. The van der Waals surface area contributed by atoms with Crippen LogP contribution in [-0.2, 0) is 12.6 Å². The number of benzene rings is 2. The highest BCUT2D eigenvalue weighted by Gasteiger charge is 2.34. The van der Waals surface area contributed by atoms with E-state index in [1.54, 1.807) is 30.5 Å². The molecule has 1 aliphatic heterocycles. The van der Waals surface area contributed by atoms with Gasteiger partial charge in [0.05, 0.1) is 35.2 Å². The molecule has 33 heavy (non-hydrogen) atoms. The van der Waals surface area contributed by atoms with Crippen LogP contribution in [0.1, 0.15) is 30.2 Å². The first-order valence-corrected chi connectivity index (χ1v) is 10.4. The molecule has 0 spiro atoms. The maximum Gasteiger partial charge on any atom is 0.417 e. The normalized spacial score (nSPS) is 15.5. The predicted molar refractivity (Wildman–Crippen MR) is 117 cm³/mol. The molecule has 170 valence electrons. The molecule has 0 bridgehead atoms. The molecular weight excluding hydrogens is 436 g/mol. The Morgan fingerprint density at radius 3 is 2.48 bits per heavy atom. The van der Waals surface area contributed by atoms with E-state index in [1.165, 1.54) is 24.3 Å². The Morgan fingerprint density at radius 1 is 0.970 bits per heavy atom. The quantitative estimate of drug-likeness (QED) is 0.439. The lowest BCUT2D eigenvalue weighted by molar-refractivity contribution is -0.137. The molecule has 0 radical (unpaired) electrons. The van der Waals surface area contributed by atoms with E-state index in [-0.39, 0.29) is 23.0 Å². The van der Waals surface area contributed by atoms with Crippen LogP contribution in [0.4, 0.5) is 17.6 Å². The molecule has 0 amide bonds. The van der Waals surface area contributed by atoms with Crippen molar-refractivity contribution in [2.75, 3.05) is 6.61 Å². The fraction of sp³-hybridized carbons (Fsp3) is 0.250. The number of hydrogen-bond donors (Lipinski definition) is 0. The molecule has 0 saturated heterocycles. The van der Waals surface area contributed by atoms with Crippen molar-refractivity contribution in [3.8, 4) is 17.0 Å². The van der Waals surface area contributed by atoms with E-state index in [4.69, 9.17) is 4.74 Å². The molecule has 9 heteroatoms. The van der Waals surface area contributed by atoms with Gasteiger partial charge in [0.2, 0.25) is 0 Å². The van der Waals surface area contributed by atoms with Crippen molar-refractivity contribution in [3.63, 3.8) is 0 Å². The van der Waals surface area contributed by atoms with Crippen molar-refractivity contribution in [2.24, 2.45) is 9.98 Å². The topological polar surface area (TPSA) is 59.7 Å². The Bertz CT molecular complexity index is 1190. The second-order valence-corrected chi connectivity index (χ2v) is 7.45. The smallest absolute Gasteiger partial charge is 0.417 e. The number of alkyl halides is 3. The average Bonchev–Trinajstić information content (AvgIpc) is 3.26. The van der Waals surface area contributed by atoms with Gasteiger partial charge in [0.1, 0.15) is 11.6 Å². The van der Waals surface area contributed by atoms with Gasteiger partial charge in [-0.2, -0.15) is 23.4 Å². The molecule has 1 aliphatic rings. The zero-order chi connectivity index (χ0) is 23.4. The van der Waals surface area contributed by atoms with Crippen LogP contribution in [0.15, 0.2) is 64.6 Å². The molecule has 1 unspecified atom stereocenters. The SMILES string of the molecule is CCCOc1ccc(-c2ccc(CC3C=NC(c4ccccc4F)=N3)nn2)c(C(F)(F)F)c1. The zero-order valence-electron chi connectivity index (χ0n) is 17.7. The number of aromatic nitrogens is 2. The van der Waals surface area contributed by atoms with Gasteiger partial charge in [0.15, 0.2) is 5.84 Å². The summed E-state index contributed by atoms with van der Waals surface area (Å²) in [4.78, 5) is 8.58. The average molecular weight is 456 g/mol. The predicted octanol–water partition coefficient (Wildman–Crippen LogP) is 5.53. The maximum absolute atomic E-state index is 13.9. The Morgan fingerprint density at radius 2 is 1.79 bits per heavy atom. The van der Waals surface area contributed by atoms with Crippen molar-refractivity contribution in [2.45, 2.75) is 32.0 Å². The molecule has 0 saturated carbocycles. The first-order valence-electron chi connectivity index (χ1n) is 10.4. The first-order chi connectivity index (χ1) is 15.8. The minimum Gasteiger partial charge on any atom is -0.494 e. The number of nitrogens with zero attached hydrogens (tertiary/aromatic N) is 4. The Balaban J connectivity index is 1.52. The van der Waals surface area contributed by atoms with E-state index in [0.29, 0.717) is 36.5 Å². The van der Waals surface area contributed by atoms with Gasteiger partial charge in [-0.25, -0.2) is 9.38 Å². The van der Waals surface area contributed by atoms with E-state index in [2.05, 4.69) is 20.2 Å². The second-order valence-electron chi connectivity index (χ2n) is 7.45. The molecule has 0 aliphatic carbocycles. The first kappa shape index (κ1) is 22.6. The number of rotatable bonds is 7. The minimum absolute atomic E-state index is 0.0762. The van der Waals surface area contributed by atoms with Crippen LogP contribution < -0.4 is 4.74 Å². The summed E-state index contributed by atoms with van der Waals surface area (Å²) in [5, 5.41) is 8.08. The fourth-order valence-electron chi connectivity index (χ4n) is 3.38. The summed E-state index contributed by atoms with van der Waals surface area (Å²) in [6.07, 6.45) is -1.95. The molecule has 1 atom stereocenters. The molecule has 0 N–H and O–H groups in total. The van der Waals surface area contributed by atoms with E-state index < -0.39 is 17.6 Å². The Kier molecular flexibility index (Phi) is 6.48. The van der Waals surface area contributed by atoms with E-state index in [0.717, 1.165) is 6.07 Å². The number of aliphatic imine (C=N–C) groups is 2. The highest BCUT2D eigenvalue weighted by atomic mass is 19.4. The Labute approximate surface area is 187 Å². The van der Waals surface area contributed by atoms with Crippen LogP contribution in [0, 0.1) is 5.82 Å². The van der Waals surface area contributed by atoms with Gasteiger partial charge in [0, 0.05) is 18.2 Å². The van der Waals surface area contributed by atoms with Gasteiger partial charge in [0.25, 0.3) is 0 Å². The Hall–Kier alpha value is -3.62. The lowest BCUT2D eigenvalue weighted by Crippen LogP contribution is -2.11. The zero-order valence-corrected chi connectivity index (χ0v) is 17.7. The fourth-order valence-corrected chi connectivity index (χ4v) is 3.38. The largest absolute Gasteiger partial charge is 0.494 e. The molecule has 0 fully saturated rings. The van der Waals surface area contributed by atoms with Crippen molar-refractivity contribution < 1.29 is 22.3 Å². The summed E-state index contributed by atoms with van der Waals surface area (Å²) in [6, 6.07) is 12.8. The van der Waals surface area contributed by atoms with E-state index in [9.17, 15) is 17.6 Å². The summed E-state index contributed by atoms with van der Waals surface area (Å²) in [5.74, 6) is 0.0363. The van der Waals surface area contributed by atoms with Crippen LogP contribution in [-0.4, -0.2) is 34.9 Å². The van der Waals surface area contributed by atoms with Crippen molar-refractivity contribution >= 4 is 12.1 Å². The number of amidine groups is 1. The third-order valence-electron chi connectivity index (χ3n) is 4.96. The van der Waals surface area contributed by atoms with Crippen molar-refractivity contribution in [3.05, 3.63) is 77.2 Å². The van der Waals surface area contributed by atoms with Crippen molar-refractivity contribution in [1.29, 1.82) is 0 Å². The van der Waals surface area contributed by atoms with Gasteiger partial charge in [-0.1, -0.05) is 19.1 Å². The van der Waals surface area contributed by atoms with Gasteiger partial charge in [-0.3, -0.25) is 4.99 Å². The van der Waals surface area contributed by atoms with Crippen LogP contribution >= 0.6 is 0 Å². The number of hydrogen-bond acceptors (Lipinski definition) is 5. The summed E-state index contributed by atoms with van der Waals surface area (Å²) in [5.41, 5.74) is 0.0329. The lowest BCUT2D eigenvalue weighted by Gasteiger charge is -2.14. The maximum atomic E-state index is 13.9. The molecule has 1 aromatic heterocycles. The van der Waals surface area contributed by atoms with Crippen LogP contribution in [0.25, 0.3) is 11.3 Å². The molecule has 5 nitrogen and oxygen atoms in total. The minimum atomic E-state index is -4.57. The second kappa shape index (κ2) is 9.48. The number of ether oxygens (including phenoxy) is 1. The third-order valence-corrected chi connectivity index (χ3v) is 4.96. The van der Waals surface area contributed by atoms with E-state index >= 15 is 0 Å².